The summed E-state index contributed by atoms with van der Waals surface area (Å²) >= 11 is 0. The van der Waals surface area contributed by atoms with Crippen LogP contribution in [0.3, 0.4) is 0 Å². The van der Waals surface area contributed by atoms with Crippen molar-refractivity contribution < 1.29 is 33.5 Å². The average molecular weight is 257 g/mol. The Bertz CT molecular complexity index is 178. The highest BCUT2D eigenvalue weighted by molar-refractivity contribution is 5.48. The molecule has 0 rings (SSSR count). The van der Waals surface area contributed by atoms with Crippen molar-refractivity contribution in [2.24, 2.45) is 0 Å². The molecule has 0 aliphatic carbocycles. The van der Waals surface area contributed by atoms with Crippen molar-refractivity contribution in [3.63, 3.8) is 0 Å². The Kier molecular flexibility index (Phi) is 11.0. The van der Waals surface area contributed by atoms with Crippen molar-refractivity contribution in [3.05, 3.63) is 0 Å². The number of nitrogens with zero attached hydrogens (tertiary/aromatic N) is 2. The molecule has 0 fully saturated rings. The first-order valence-corrected chi connectivity index (χ1v) is 6.46. The van der Waals surface area contributed by atoms with Gasteiger partial charge in [-0.05, 0) is 27.7 Å². The van der Waals surface area contributed by atoms with Crippen molar-refractivity contribution in [3.8, 4) is 0 Å². The fourth-order valence-electron chi connectivity index (χ4n) is 1.00. The van der Waals surface area contributed by atoms with Gasteiger partial charge in [0, 0.05) is 0 Å². The largest absolute Gasteiger partial charge is 0.269 e. The number of rotatable bonds is 5. The van der Waals surface area contributed by atoms with E-state index in [1.165, 1.54) is 0 Å². The molecule has 0 aromatic heterocycles. The first kappa shape index (κ1) is 18.0. The van der Waals surface area contributed by atoms with Crippen LogP contribution in [0.2, 0.25) is 0 Å². The fourth-order valence-corrected chi connectivity index (χ4v) is 1.00. The Labute approximate surface area is 99.2 Å². The van der Waals surface area contributed by atoms with Gasteiger partial charge in [0.15, 0.2) is 0 Å². The van der Waals surface area contributed by atoms with Crippen molar-refractivity contribution in [1.29, 1.82) is 0 Å². The van der Waals surface area contributed by atoms with Crippen LogP contribution in [0.5, 0.6) is 0 Å². The number of halogens is 1. The summed E-state index contributed by atoms with van der Waals surface area (Å²) in [6, 6.07) is 0. The van der Waals surface area contributed by atoms with E-state index in [0.717, 1.165) is 26.2 Å². The zero-order chi connectivity index (χ0) is 13.2. The van der Waals surface area contributed by atoms with Gasteiger partial charge in [-0.15, -0.1) is 10.2 Å². The van der Waals surface area contributed by atoms with Crippen LogP contribution < -0.4 is 18.6 Å². The average Bonchev–Trinajstić information content (AvgIpc) is 2.18. The minimum atomic E-state index is -4.94. The predicted molar refractivity (Wildman–Crippen MR) is 50.3 cm³/mol. The molecule has 0 saturated carbocycles. The third-order valence-electron chi connectivity index (χ3n) is 1.95. The second-order valence-electron chi connectivity index (χ2n) is 2.94. The Morgan fingerprint density at radius 1 is 0.938 bits per heavy atom. The van der Waals surface area contributed by atoms with E-state index >= 15 is 0 Å². The normalized spacial score (nSPS) is 10.2. The minimum Gasteiger partial charge on any atom is -0.269 e. The molecule has 0 unspecified atom stereocenters. The van der Waals surface area contributed by atoms with E-state index in [1.807, 2.05) is 0 Å². The van der Waals surface area contributed by atoms with E-state index in [2.05, 4.69) is 43.5 Å². The van der Waals surface area contributed by atoms with Gasteiger partial charge in [-0.3, -0.25) is 9.48 Å². The number of hydrogen-bond donors (Lipinski definition) is 0. The maximum Gasteiger partial charge on any atom is 0.234 e. The van der Waals surface area contributed by atoms with Crippen LogP contribution in [0.1, 0.15) is 27.7 Å². The van der Waals surface area contributed by atoms with Gasteiger partial charge in [-0.2, -0.15) is 0 Å². The molecule has 0 heterocycles. The molecular weight excluding hydrogens is 236 g/mol. The molecule has 6 nitrogen and oxygen atoms in total. The Morgan fingerprint density at radius 2 is 1.25 bits per heavy atom. The quantitative estimate of drug-likeness (QED) is 0.291. The van der Waals surface area contributed by atoms with Crippen molar-refractivity contribution >= 4 is 6.34 Å². The van der Waals surface area contributed by atoms with Crippen LogP contribution in [-0.2, 0) is 0 Å². The van der Waals surface area contributed by atoms with E-state index in [-0.39, 0.29) is 0 Å². The maximum absolute atomic E-state index is 8.49. The SMILES string of the molecule is CCN(C=[N+](CC)CC)CC.[O-][Cl+3]([O-])([O-])[O-]. The zero-order valence-electron chi connectivity index (χ0n) is 10.3. The summed E-state index contributed by atoms with van der Waals surface area (Å²) in [5.41, 5.74) is 0. The van der Waals surface area contributed by atoms with Crippen LogP contribution >= 0.6 is 0 Å². The van der Waals surface area contributed by atoms with Gasteiger partial charge < -0.3 is 0 Å². The molecule has 0 atom stereocenters. The molecule has 0 aromatic rings. The standard InChI is InChI=1S/C9H21N2.ClHO4/c1-5-10(6-2)9-11(7-3)8-4;2-1(3,4)5/h9H,5-8H2,1-4H3;(H,2,3,4,5)/q+1;/p-1. The van der Waals surface area contributed by atoms with E-state index in [9.17, 15) is 0 Å². The first-order valence-electron chi connectivity index (χ1n) is 5.23. The highest BCUT2D eigenvalue weighted by atomic mass is 35.7. The zero-order valence-corrected chi connectivity index (χ0v) is 11.1. The lowest BCUT2D eigenvalue weighted by Gasteiger charge is -2.17. The molecule has 0 saturated heterocycles. The lowest BCUT2D eigenvalue weighted by Crippen LogP contribution is -2.68. The first-order chi connectivity index (χ1) is 7.28. The molecule has 0 spiro atoms. The van der Waals surface area contributed by atoms with E-state index in [0.29, 0.717) is 0 Å². The smallest absolute Gasteiger partial charge is 0.234 e. The third-order valence-corrected chi connectivity index (χ3v) is 1.95. The molecule has 16 heavy (non-hydrogen) atoms. The van der Waals surface area contributed by atoms with Crippen LogP contribution in [0.15, 0.2) is 0 Å². The summed E-state index contributed by atoms with van der Waals surface area (Å²) < 4.78 is 36.3. The Morgan fingerprint density at radius 3 is 1.44 bits per heavy atom. The number of hydrogen-bond acceptors (Lipinski definition) is 4. The van der Waals surface area contributed by atoms with Gasteiger partial charge in [-0.1, -0.05) is 0 Å². The van der Waals surface area contributed by atoms with Crippen molar-refractivity contribution in [2.45, 2.75) is 27.7 Å². The van der Waals surface area contributed by atoms with Gasteiger partial charge in [-0.25, -0.2) is 18.6 Å². The molecule has 0 bridgehead atoms. The molecule has 0 radical (unpaired) electrons. The van der Waals surface area contributed by atoms with Gasteiger partial charge in [0.25, 0.3) is 0 Å². The molecule has 0 N–H and O–H groups in total. The van der Waals surface area contributed by atoms with Crippen LogP contribution in [0, 0.1) is 10.2 Å². The lowest BCUT2D eigenvalue weighted by molar-refractivity contribution is -2.00. The van der Waals surface area contributed by atoms with Crippen LogP contribution in [0.25, 0.3) is 0 Å². The molecular formula is C9H21ClN2O4. The van der Waals surface area contributed by atoms with Crippen LogP contribution in [0.4, 0.5) is 0 Å². The molecule has 7 heteroatoms. The molecule has 98 valence electrons. The monoisotopic (exact) mass is 256 g/mol. The highest BCUT2D eigenvalue weighted by Crippen LogP contribution is 1.82. The predicted octanol–water partition coefficient (Wildman–Crippen LogP) is -3.35. The summed E-state index contributed by atoms with van der Waals surface area (Å²) in [6.07, 6.45) is 2.22. The summed E-state index contributed by atoms with van der Waals surface area (Å²) in [6.45, 7) is 13.2. The second-order valence-corrected chi connectivity index (χ2v) is 3.69. The highest BCUT2D eigenvalue weighted by Gasteiger charge is 2.00. The Balaban J connectivity index is 0. The van der Waals surface area contributed by atoms with E-state index in [4.69, 9.17) is 18.6 Å². The Hall–Kier alpha value is -0.400. The summed E-state index contributed by atoms with van der Waals surface area (Å²) in [5.74, 6) is 0. The summed E-state index contributed by atoms with van der Waals surface area (Å²) in [4.78, 5) is 2.31. The van der Waals surface area contributed by atoms with Crippen LogP contribution in [-0.4, -0.2) is 42.0 Å². The summed E-state index contributed by atoms with van der Waals surface area (Å²) in [7, 11) is -4.94. The van der Waals surface area contributed by atoms with E-state index < -0.39 is 10.2 Å². The fraction of sp³-hybridized carbons (Fsp3) is 0.889. The minimum absolute atomic E-state index is 1.10. The molecule has 0 aliphatic rings. The lowest BCUT2D eigenvalue weighted by atomic mass is 10.5. The molecule has 0 aromatic carbocycles. The van der Waals surface area contributed by atoms with Gasteiger partial charge >= 0.3 is 0 Å². The third kappa shape index (κ3) is 16.0. The molecule has 0 aliphatic heterocycles. The van der Waals surface area contributed by atoms with Crippen molar-refractivity contribution in [1.82, 2.24) is 4.90 Å². The molecule has 0 amide bonds. The van der Waals surface area contributed by atoms with Gasteiger partial charge in [0.2, 0.25) is 6.34 Å². The second kappa shape index (κ2) is 9.80. The van der Waals surface area contributed by atoms with Crippen molar-refractivity contribution in [2.75, 3.05) is 26.2 Å². The maximum atomic E-state index is 8.49. The van der Waals surface area contributed by atoms with Gasteiger partial charge in [0.05, 0.1) is 26.2 Å². The van der Waals surface area contributed by atoms with Gasteiger partial charge in [0.1, 0.15) is 0 Å². The summed E-state index contributed by atoms with van der Waals surface area (Å²) in [5, 5.41) is 0. The topological polar surface area (TPSA) is 98.5 Å². The van der Waals surface area contributed by atoms with E-state index in [1.54, 1.807) is 0 Å².